The first-order valence-corrected chi connectivity index (χ1v) is 12.0. The lowest BCUT2D eigenvalue weighted by Crippen LogP contribution is -2.53. The molecule has 192 valence electrons. The van der Waals surface area contributed by atoms with E-state index in [1.165, 1.54) is 24.4 Å². The highest BCUT2D eigenvalue weighted by atomic mass is 35.5. The minimum atomic E-state index is -2.93. The van der Waals surface area contributed by atoms with Crippen molar-refractivity contribution in [2.24, 2.45) is 11.3 Å². The van der Waals surface area contributed by atoms with E-state index >= 15 is 0 Å². The Labute approximate surface area is 214 Å². The minimum absolute atomic E-state index is 0.0212. The standard InChI is InChI=1S/C27H21ClF4N2O3/c28-19-5-4-17(24(31)32)22(23(19)30)14-1-6-21(33-12-14)18(11-27-8-13(9-27)10-27)25(35)34-15-2-3-16(26(36)37)20(29)7-15/h1-7,12-13,18,24H,8-11H2,(H,34,35)(H,36,37). The molecule has 0 radical (unpaired) electrons. The molecule has 5 nitrogen and oxygen atoms in total. The molecule has 10 heteroatoms. The summed E-state index contributed by atoms with van der Waals surface area (Å²) in [6.45, 7) is 0. The molecule has 2 N–H and O–H groups in total. The van der Waals surface area contributed by atoms with E-state index in [4.69, 9.17) is 16.7 Å². The number of carboxylic acid groups (broad SMARTS) is 1. The Balaban J connectivity index is 1.44. The molecule has 3 aliphatic rings. The maximum absolute atomic E-state index is 14.7. The van der Waals surface area contributed by atoms with Gasteiger partial charge in [0.25, 0.3) is 6.43 Å². The highest BCUT2D eigenvalue weighted by Gasteiger charge is 2.57. The molecule has 0 saturated heterocycles. The number of pyridine rings is 1. The van der Waals surface area contributed by atoms with E-state index in [-0.39, 0.29) is 27.3 Å². The lowest BCUT2D eigenvalue weighted by Gasteiger charge is -2.63. The largest absolute Gasteiger partial charge is 0.478 e. The van der Waals surface area contributed by atoms with Crippen molar-refractivity contribution in [3.63, 3.8) is 0 Å². The normalized spacial score (nSPS) is 20.6. The molecular formula is C27H21ClF4N2O3. The number of aromatic nitrogens is 1. The number of carbonyl (C=O) groups excluding carboxylic acids is 1. The SMILES string of the molecule is O=C(O)c1ccc(NC(=O)C(CC23CC(C2)C3)c2ccc(-c3c(C(F)F)ccc(Cl)c3F)cn2)cc1F. The fourth-order valence-electron chi connectivity index (χ4n) is 5.47. The van der Waals surface area contributed by atoms with Crippen LogP contribution in [-0.2, 0) is 4.79 Å². The number of amides is 1. The number of nitrogens with zero attached hydrogens (tertiary/aromatic N) is 1. The molecule has 2 aromatic carbocycles. The third-order valence-electron chi connectivity index (χ3n) is 7.38. The number of hydrogen-bond acceptors (Lipinski definition) is 3. The van der Waals surface area contributed by atoms with Crippen molar-refractivity contribution >= 4 is 29.2 Å². The Morgan fingerprint density at radius 1 is 1.11 bits per heavy atom. The third-order valence-corrected chi connectivity index (χ3v) is 7.67. The van der Waals surface area contributed by atoms with E-state index in [1.807, 2.05) is 0 Å². The molecule has 37 heavy (non-hydrogen) atoms. The van der Waals surface area contributed by atoms with E-state index in [0.717, 1.165) is 43.5 Å². The predicted molar refractivity (Wildman–Crippen MR) is 129 cm³/mol. The predicted octanol–water partition coefficient (Wildman–Crippen LogP) is 7.23. The third kappa shape index (κ3) is 4.68. The van der Waals surface area contributed by atoms with Gasteiger partial charge in [0.1, 0.15) is 11.6 Å². The molecular weight excluding hydrogens is 512 g/mol. The van der Waals surface area contributed by atoms with Crippen molar-refractivity contribution in [1.82, 2.24) is 4.98 Å². The summed E-state index contributed by atoms with van der Waals surface area (Å²) >= 11 is 5.83. The molecule has 0 aliphatic heterocycles. The summed E-state index contributed by atoms with van der Waals surface area (Å²) < 4.78 is 55.9. The van der Waals surface area contributed by atoms with Crippen molar-refractivity contribution in [3.8, 4) is 11.1 Å². The molecule has 1 unspecified atom stereocenters. The molecule has 3 aromatic rings. The first-order valence-electron chi connectivity index (χ1n) is 11.6. The maximum Gasteiger partial charge on any atom is 0.338 e. The summed E-state index contributed by atoms with van der Waals surface area (Å²) in [5.41, 5.74) is -0.827. The van der Waals surface area contributed by atoms with Gasteiger partial charge in [-0.2, -0.15) is 0 Å². The number of alkyl halides is 2. The average Bonchev–Trinajstić information content (AvgIpc) is 2.79. The number of halogens is 5. The maximum atomic E-state index is 14.7. The quantitative estimate of drug-likeness (QED) is 0.300. The van der Waals surface area contributed by atoms with Gasteiger partial charge in [-0.25, -0.2) is 22.4 Å². The van der Waals surface area contributed by atoms with Gasteiger partial charge in [-0.05, 0) is 67.3 Å². The number of aromatic carboxylic acids is 1. The molecule has 0 spiro atoms. The topological polar surface area (TPSA) is 79.3 Å². The van der Waals surface area contributed by atoms with E-state index in [9.17, 15) is 27.2 Å². The highest BCUT2D eigenvalue weighted by Crippen LogP contribution is 2.67. The van der Waals surface area contributed by atoms with Crippen LogP contribution in [-0.4, -0.2) is 22.0 Å². The second-order valence-electron chi connectivity index (χ2n) is 9.82. The number of carboxylic acids is 1. The second-order valence-corrected chi connectivity index (χ2v) is 10.2. The van der Waals surface area contributed by atoms with Gasteiger partial charge in [-0.3, -0.25) is 9.78 Å². The van der Waals surface area contributed by atoms with Crippen LogP contribution < -0.4 is 5.32 Å². The van der Waals surface area contributed by atoms with Crippen molar-refractivity contribution in [2.75, 3.05) is 5.32 Å². The number of carbonyl (C=O) groups is 2. The van der Waals surface area contributed by atoms with Crippen LogP contribution in [0.15, 0.2) is 48.7 Å². The average molecular weight is 533 g/mol. The molecule has 1 aromatic heterocycles. The van der Waals surface area contributed by atoms with Crippen molar-refractivity contribution in [3.05, 3.63) is 82.1 Å². The first kappa shape index (κ1) is 25.2. The fraction of sp³-hybridized carbons (Fsp3) is 0.296. The van der Waals surface area contributed by atoms with Crippen molar-refractivity contribution in [2.45, 2.75) is 38.0 Å². The number of hydrogen-bond donors (Lipinski definition) is 2. The van der Waals surface area contributed by atoms with Crippen LogP contribution in [0, 0.1) is 23.0 Å². The molecule has 1 atom stereocenters. The van der Waals surface area contributed by atoms with Crippen LogP contribution in [0.4, 0.5) is 23.2 Å². The molecule has 3 saturated carbocycles. The van der Waals surface area contributed by atoms with Crippen LogP contribution in [0.1, 0.15) is 59.6 Å². The second kappa shape index (κ2) is 9.45. The van der Waals surface area contributed by atoms with E-state index < -0.39 is 47.0 Å². The smallest absolute Gasteiger partial charge is 0.338 e. The van der Waals surface area contributed by atoms with Crippen molar-refractivity contribution < 1.29 is 32.3 Å². The molecule has 1 heterocycles. The lowest BCUT2D eigenvalue weighted by atomic mass is 9.42. The zero-order chi connectivity index (χ0) is 26.5. The van der Waals surface area contributed by atoms with Gasteiger partial charge in [0.05, 0.1) is 22.2 Å². The van der Waals surface area contributed by atoms with E-state index in [0.29, 0.717) is 18.0 Å². The fourth-order valence-corrected chi connectivity index (χ4v) is 5.63. The number of anilines is 1. The summed E-state index contributed by atoms with van der Waals surface area (Å²) in [6, 6.07) is 8.35. The Morgan fingerprint density at radius 2 is 1.84 bits per heavy atom. The van der Waals surface area contributed by atoms with Gasteiger partial charge in [0.15, 0.2) is 0 Å². The van der Waals surface area contributed by atoms with Gasteiger partial charge < -0.3 is 10.4 Å². The summed E-state index contributed by atoms with van der Waals surface area (Å²) in [7, 11) is 0. The van der Waals surface area contributed by atoms with Crippen LogP contribution in [0.5, 0.6) is 0 Å². The van der Waals surface area contributed by atoms with Gasteiger partial charge in [-0.1, -0.05) is 23.7 Å². The van der Waals surface area contributed by atoms with Crippen LogP contribution in [0.2, 0.25) is 5.02 Å². The van der Waals surface area contributed by atoms with Gasteiger partial charge in [0.2, 0.25) is 5.91 Å². The van der Waals surface area contributed by atoms with Crippen LogP contribution in [0.3, 0.4) is 0 Å². The summed E-state index contributed by atoms with van der Waals surface area (Å²) in [4.78, 5) is 28.7. The Kier molecular flexibility index (Phi) is 6.43. The monoisotopic (exact) mass is 532 g/mol. The minimum Gasteiger partial charge on any atom is -0.478 e. The van der Waals surface area contributed by atoms with Crippen LogP contribution >= 0.6 is 11.6 Å². The molecule has 6 rings (SSSR count). The molecule has 3 aliphatic carbocycles. The number of rotatable bonds is 8. The van der Waals surface area contributed by atoms with Gasteiger partial charge in [0, 0.05) is 28.6 Å². The lowest BCUT2D eigenvalue weighted by molar-refractivity contribution is -0.132. The number of nitrogens with one attached hydrogen (secondary N) is 1. The van der Waals surface area contributed by atoms with E-state index in [2.05, 4.69) is 10.3 Å². The van der Waals surface area contributed by atoms with Crippen LogP contribution in [0.25, 0.3) is 11.1 Å². The summed E-state index contributed by atoms with van der Waals surface area (Å²) in [5.74, 6) is -3.93. The summed E-state index contributed by atoms with van der Waals surface area (Å²) in [6.07, 6.45) is 1.80. The molecule has 2 bridgehead atoms. The van der Waals surface area contributed by atoms with Gasteiger partial charge >= 0.3 is 5.97 Å². The Morgan fingerprint density at radius 3 is 2.38 bits per heavy atom. The Bertz CT molecular complexity index is 1380. The highest BCUT2D eigenvalue weighted by molar-refractivity contribution is 6.31. The first-order chi connectivity index (χ1) is 17.6. The van der Waals surface area contributed by atoms with E-state index in [1.54, 1.807) is 0 Å². The molecule has 3 fully saturated rings. The van der Waals surface area contributed by atoms with Gasteiger partial charge in [-0.15, -0.1) is 0 Å². The molecule has 1 amide bonds. The van der Waals surface area contributed by atoms with Crippen molar-refractivity contribution in [1.29, 1.82) is 0 Å². The summed E-state index contributed by atoms with van der Waals surface area (Å²) in [5, 5.41) is 11.4. The Hall–Kier alpha value is -3.46. The zero-order valence-corrected chi connectivity index (χ0v) is 20.0. The zero-order valence-electron chi connectivity index (χ0n) is 19.3. The number of benzene rings is 2.